The van der Waals surface area contributed by atoms with E-state index in [0.717, 1.165) is 56.8 Å². The number of nitrogens with one attached hydrogen (secondary N) is 1. The Morgan fingerprint density at radius 2 is 1.85 bits per heavy atom. The third-order valence-corrected chi connectivity index (χ3v) is 6.01. The van der Waals surface area contributed by atoms with E-state index in [1.807, 2.05) is 36.5 Å². The van der Waals surface area contributed by atoms with Crippen LogP contribution >= 0.6 is 0 Å². The Labute approximate surface area is 162 Å². The van der Waals surface area contributed by atoms with Crippen LogP contribution < -0.4 is 5.32 Å². The fourth-order valence-electron chi connectivity index (χ4n) is 4.40. The van der Waals surface area contributed by atoms with E-state index < -0.39 is 0 Å². The Kier molecular flexibility index (Phi) is 5.83. The van der Waals surface area contributed by atoms with E-state index in [4.69, 9.17) is 0 Å². The molecular weight excluding hydrogens is 334 g/mol. The molecule has 4 nitrogen and oxygen atoms in total. The molecule has 2 aliphatic rings. The molecule has 1 aromatic heterocycles. The topological polar surface area (TPSA) is 45.2 Å². The number of rotatable bonds is 6. The monoisotopic (exact) mass is 363 g/mol. The summed E-state index contributed by atoms with van der Waals surface area (Å²) in [4.78, 5) is 19.6. The van der Waals surface area contributed by atoms with Gasteiger partial charge in [-0.1, -0.05) is 30.3 Å². The molecule has 0 bridgehead atoms. The third-order valence-electron chi connectivity index (χ3n) is 6.01. The summed E-state index contributed by atoms with van der Waals surface area (Å²) in [5.41, 5.74) is 3.76. The summed E-state index contributed by atoms with van der Waals surface area (Å²) in [5.74, 6) is 1.58. The molecule has 1 aliphatic carbocycles. The second kappa shape index (κ2) is 8.66. The molecule has 4 heteroatoms. The Bertz CT molecular complexity index is 766. The van der Waals surface area contributed by atoms with Crippen LogP contribution in [0, 0.1) is 5.92 Å². The van der Waals surface area contributed by atoms with Crippen molar-refractivity contribution in [3.63, 3.8) is 0 Å². The van der Waals surface area contributed by atoms with Crippen LogP contribution in [-0.2, 0) is 12.8 Å². The van der Waals surface area contributed by atoms with Crippen molar-refractivity contribution in [1.82, 2.24) is 9.88 Å². The van der Waals surface area contributed by atoms with Crippen molar-refractivity contribution in [1.29, 1.82) is 0 Å². The Morgan fingerprint density at radius 1 is 1.07 bits per heavy atom. The molecule has 0 spiro atoms. The van der Waals surface area contributed by atoms with Gasteiger partial charge < -0.3 is 10.2 Å². The lowest BCUT2D eigenvalue weighted by Crippen LogP contribution is -2.38. The number of Topliss-reactive ketones (excluding diaryl/α,β-unsaturated/α-hetero) is 1. The summed E-state index contributed by atoms with van der Waals surface area (Å²) >= 11 is 0. The van der Waals surface area contributed by atoms with Gasteiger partial charge in [0.1, 0.15) is 5.82 Å². The lowest BCUT2D eigenvalue weighted by atomic mass is 9.89. The highest BCUT2D eigenvalue weighted by Gasteiger charge is 2.25. The minimum atomic E-state index is 0.180. The highest BCUT2D eigenvalue weighted by Crippen LogP contribution is 2.26. The maximum Gasteiger partial charge on any atom is 0.166 e. The van der Waals surface area contributed by atoms with E-state index in [1.165, 1.54) is 30.4 Å². The summed E-state index contributed by atoms with van der Waals surface area (Å²) in [7, 11) is 0. The van der Waals surface area contributed by atoms with Crippen molar-refractivity contribution in [2.45, 2.75) is 38.5 Å². The zero-order valence-corrected chi connectivity index (χ0v) is 16.0. The van der Waals surface area contributed by atoms with Gasteiger partial charge in [0.05, 0.1) is 0 Å². The first-order valence-electron chi connectivity index (χ1n) is 10.3. The van der Waals surface area contributed by atoms with Gasteiger partial charge in [-0.05, 0) is 68.8 Å². The first-order valence-corrected chi connectivity index (χ1v) is 10.3. The molecule has 1 aliphatic heterocycles. The minimum Gasteiger partial charge on any atom is -0.369 e. The lowest BCUT2D eigenvalue weighted by molar-refractivity contribution is 0.0843. The largest absolute Gasteiger partial charge is 0.369 e. The van der Waals surface area contributed by atoms with E-state index >= 15 is 0 Å². The van der Waals surface area contributed by atoms with Crippen LogP contribution in [-0.4, -0.2) is 41.8 Å². The Morgan fingerprint density at radius 3 is 2.67 bits per heavy atom. The number of benzene rings is 1. The number of hydrogen-bond donors (Lipinski definition) is 1. The van der Waals surface area contributed by atoms with E-state index in [-0.39, 0.29) is 5.92 Å². The number of pyridine rings is 1. The quantitative estimate of drug-likeness (QED) is 0.789. The van der Waals surface area contributed by atoms with Crippen LogP contribution in [0.4, 0.5) is 5.82 Å². The molecule has 1 fully saturated rings. The number of aryl methyl sites for hydroxylation is 1. The molecule has 0 saturated carbocycles. The Hall–Kier alpha value is -2.20. The van der Waals surface area contributed by atoms with Gasteiger partial charge in [0, 0.05) is 30.8 Å². The molecule has 0 unspecified atom stereocenters. The molecule has 142 valence electrons. The fraction of sp³-hybridized carbons (Fsp3) is 0.478. The third kappa shape index (κ3) is 4.38. The second-order valence-corrected chi connectivity index (χ2v) is 7.78. The number of carbonyl (C=O) groups excluding carboxylic acids is 1. The van der Waals surface area contributed by atoms with Gasteiger partial charge in [-0.3, -0.25) is 4.79 Å². The molecule has 1 saturated heterocycles. The average molecular weight is 364 g/mol. The standard InChI is InChI=1S/C23H29N3O/c27-22(19-7-2-1-3-8-19)20-11-15-26(16-12-20)17-14-25-23-21-9-5-4-6-18(21)10-13-24-23/h1-3,7-8,10,13,20H,4-6,9,11-12,14-17H2,(H,24,25). The number of aromatic nitrogens is 1. The molecule has 0 radical (unpaired) electrons. The molecule has 0 atom stereocenters. The number of fused-ring (bicyclic) bond motifs is 1. The number of piperidine rings is 1. The number of carbonyl (C=O) groups is 1. The molecule has 1 N–H and O–H groups in total. The van der Waals surface area contributed by atoms with E-state index in [0.29, 0.717) is 5.78 Å². The molecule has 4 rings (SSSR count). The van der Waals surface area contributed by atoms with Gasteiger partial charge >= 0.3 is 0 Å². The van der Waals surface area contributed by atoms with Crippen LogP contribution in [0.2, 0.25) is 0 Å². The molecule has 27 heavy (non-hydrogen) atoms. The van der Waals surface area contributed by atoms with Gasteiger partial charge in [0.25, 0.3) is 0 Å². The smallest absolute Gasteiger partial charge is 0.166 e. The van der Waals surface area contributed by atoms with E-state index in [9.17, 15) is 4.79 Å². The van der Waals surface area contributed by atoms with Gasteiger partial charge in [0.15, 0.2) is 5.78 Å². The zero-order chi connectivity index (χ0) is 18.5. The van der Waals surface area contributed by atoms with Crippen LogP contribution in [0.1, 0.15) is 47.2 Å². The zero-order valence-electron chi connectivity index (χ0n) is 16.0. The molecule has 0 amide bonds. The van der Waals surface area contributed by atoms with E-state index in [2.05, 4.69) is 21.3 Å². The van der Waals surface area contributed by atoms with Gasteiger partial charge in [-0.25, -0.2) is 4.98 Å². The normalized spacial score (nSPS) is 18.1. The first-order chi connectivity index (χ1) is 13.3. The van der Waals surface area contributed by atoms with Crippen molar-refractivity contribution in [2.24, 2.45) is 5.92 Å². The van der Waals surface area contributed by atoms with Crippen molar-refractivity contribution in [3.05, 3.63) is 59.3 Å². The van der Waals surface area contributed by atoms with Crippen LogP contribution in [0.3, 0.4) is 0 Å². The number of ketones is 1. The molecule has 2 heterocycles. The number of nitrogens with zero attached hydrogens (tertiary/aromatic N) is 2. The predicted molar refractivity (Wildman–Crippen MR) is 109 cm³/mol. The summed E-state index contributed by atoms with van der Waals surface area (Å²) in [6.45, 7) is 3.94. The van der Waals surface area contributed by atoms with E-state index in [1.54, 1.807) is 0 Å². The predicted octanol–water partition coefficient (Wildman–Crippen LogP) is 3.97. The van der Waals surface area contributed by atoms with Crippen molar-refractivity contribution < 1.29 is 4.79 Å². The van der Waals surface area contributed by atoms with Gasteiger partial charge in [-0.2, -0.15) is 0 Å². The molecule has 1 aromatic carbocycles. The maximum atomic E-state index is 12.6. The van der Waals surface area contributed by atoms with Crippen molar-refractivity contribution >= 4 is 11.6 Å². The SMILES string of the molecule is O=C(c1ccccc1)C1CCN(CCNc2nccc3c2CCCC3)CC1. The van der Waals surface area contributed by atoms with Crippen molar-refractivity contribution in [2.75, 3.05) is 31.5 Å². The van der Waals surface area contributed by atoms with Crippen LogP contribution in [0.5, 0.6) is 0 Å². The van der Waals surface area contributed by atoms with Gasteiger partial charge in [0.2, 0.25) is 0 Å². The lowest BCUT2D eigenvalue weighted by Gasteiger charge is -2.31. The molecule has 2 aromatic rings. The highest BCUT2D eigenvalue weighted by atomic mass is 16.1. The summed E-state index contributed by atoms with van der Waals surface area (Å²) in [5, 5.41) is 3.56. The number of anilines is 1. The van der Waals surface area contributed by atoms with Gasteiger partial charge in [-0.15, -0.1) is 0 Å². The molecular formula is C23H29N3O. The number of likely N-dealkylation sites (tertiary alicyclic amines) is 1. The average Bonchev–Trinajstić information content (AvgIpc) is 2.74. The second-order valence-electron chi connectivity index (χ2n) is 7.78. The first kappa shape index (κ1) is 18.2. The fourth-order valence-corrected chi connectivity index (χ4v) is 4.40. The van der Waals surface area contributed by atoms with Crippen LogP contribution in [0.25, 0.3) is 0 Å². The van der Waals surface area contributed by atoms with Crippen molar-refractivity contribution in [3.8, 4) is 0 Å². The van der Waals surface area contributed by atoms with Crippen LogP contribution in [0.15, 0.2) is 42.6 Å². The highest BCUT2D eigenvalue weighted by molar-refractivity contribution is 5.97. The maximum absolute atomic E-state index is 12.6. The summed E-state index contributed by atoms with van der Waals surface area (Å²) in [6.07, 6.45) is 8.78. The number of hydrogen-bond acceptors (Lipinski definition) is 4. The summed E-state index contributed by atoms with van der Waals surface area (Å²) in [6, 6.07) is 11.9. The minimum absolute atomic E-state index is 0.180. The summed E-state index contributed by atoms with van der Waals surface area (Å²) < 4.78 is 0. The Balaban J connectivity index is 1.24.